The van der Waals surface area contributed by atoms with Crippen molar-refractivity contribution >= 4 is 56.8 Å². The molecule has 0 bridgehead atoms. The van der Waals surface area contributed by atoms with Crippen LogP contribution in [0.5, 0.6) is 0 Å². The maximum absolute atomic E-state index is 6.36. The van der Waals surface area contributed by atoms with Crippen molar-refractivity contribution in [3.8, 4) is 0 Å². The van der Waals surface area contributed by atoms with Crippen LogP contribution >= 0.6 is 0 Å². The van der Waals surface area contributed by atoms with E-state index in [2.05, 4.69) is 135 Å². The van der Waals surface area contributed by atoms with Crippen LogP contribution in [0.2, 0.25) is 0 Å². The van der Waals surface area contributed by atoms with Gasteiger partial charge in [-0.3, -0.25) is 0 Å². The number of benzene rings is 5. The molecule has 0 aliphatic rings. The van der Waals surface area contributed by atoms with E-state index in [1.54, 1.807) is 0 Å². The van der Waals surface area contributed by atoms with E-state index in [-0.39, 0.29) is 0 Å². The Kier molecular flexibility index (Phi) is 5.24. The van der Waals surface area contributed by atoms with Gasteiger partial charge in [0.05, 0.1) is 0 Å². The Morgan fingerprint density at radius 1 is 0.600 bits per heavy atom. The van der Waals surface area contributed by atoms with E-state index in [0.29, 0.717) is 0 Å². The molecule has 0 saturated carbocycles. The fourth-order valence-electron chi connectivity index (χ4n) is 5.45. The fraction of sp³-hybridized carbons (Fsp3) is 0.0303. The molecule has 35 heavy (non-hydrogen) atoms. The molecule has 0 aliphatic carbocycles. The van der Waals surface area contributed by atoms with E-state index in [1.807, 2.05) is 6.08 Å². The predicted molar refractivity (Wildman–Crippen MR) is 152 cm³/mol. The summed E-state index contributed by atoms with van der Waals surface area (Å²) in [6.07, 6.45) is 1.93. The van der Waals surface area contributed by atoms with Crippen LogP contribution in [0.1, 0.15) is 11.1 Å². The van der Waals surface area contributed by atoms with Gasteiger partial charge < -0.3 is 4.42 Å². The van der Waals surface area contributed by atoms with Crippen LogP contribution in [0.15, 0.2) is 132 Å². The SMILES string of the molecule is C=Cc1cc([Si](c2ccccc2)(c2ccccc2)c2ccccc2)cc2c1oc1ccc(C)cc12. The number of fused-ring (bicyclic) bond motifs is 3. The maximum atomic E-state index is 6.36. The molecule has 6 aromatic rings. The van der Waals surface area contributed by atoms with Gasteiger partial charge in [0.1, 0.15) is 11.2 Å². The lowest BCUT2D eigenvalue weighted by Gasteiger charge is -2.34. The molecular weight excluding hydrogens is 440 g/mol. The second kappa shape index (κ2) is 8.57. The highest BCUT2D eigenvalue weighted by atomic mass is 28.3. The van der Waals surface area contributed by atoms with E-state index in [9.17, 15) is 0 Å². The molecule has 0 atom stereocenters. The molecule has 2 heteroatoms. The van der Waals surface area contributed by atoms with Crippen molar-refractivity contribution in [1.29, 1.82) is 0 Å². The number of aryl methyl sites for hydroxylation is 1. The molecular formula is C33H26OSi. The molecule has 1 aromatic heterocycles. The Hall–Kier alpha value is -4.14. The van der Waals surface area contributed by atoms with E-state index in [0.717, 1.165) is 27.5 Å². The summed E-state index contributed by atoms with van der Waals surface area (Å²) < 4.78 is 6.36. The smallest absolute Gasteiger partial charge is 0.179 e. The summed E-state index contributed by atoms with van der Waals surface area (Å²) in [6, 6.07) is 44.1. The average Bonchev–Trinajstić information content (AvgIpc) is 3.28. The zero-order chi connectivity index (χ0) is 23.8. The van der Waals surface area contributed by atoms with Crippen LogP contribution in [-0.2, 0) is 0 Å². The van der Waals surface area contributed by atoms with Crippen LogP contribution in [0.3, 0.4) is 0 Å². The summed E-state index contributed by atoms with van der Waals surface area (Å²) >= 11 is 0. The van der Waals surface area contributed by atoms with Crippen LogP contribution in [0.4, 0.5) is 0 Å². The van der Waals surface area contributed by atoms with Crippen molar-refractivity contribution in [2.75, 3.05) is 0 Å². The number of hydrogen-bond acceptors (Lipinski definition) is 1. The van der Waals surface area contributed by atoms with E-state index >= 15 is 0 Å². The van der Waals surface area contributed by atoms with Gasteiger partial charge >= 0.3 is 0 Å². The minimum absolute atomic E-state index is 0.904. The van der Waals surface area contributed by atoms with Crippen molar-refractivity contribution < 1.29 is 4.42 Å². The summed E-state index contributed by atoms with van der Waals surface area (Å²) in [5.74, 6) is 0. The largest absolute Gasteiger partial charge is 0.455 e. The van der Waals surface area contributed by atoms with E-state index in [1.165, 1.54) is 26.3 Å². The summed E-state index contributed by atoms with van der Waals surface area (Å²) in [4.78, 5) is 0. The highest BCUT2D eigenvalue weighted by Crippen LogP contribution is 2.32. The topological polar surface area (TPSA) is 13.1 Å². The van der Waals surface area contributed by atoms with Crippen LogP contribution in [0.25, 0.3) is 28.0 Å². The van der Waals surface area contributed by atoms with Crippen molar-refractivity contribution in [2.24, 2.45) is 0 Å². The maximum Gasteiger partial charge on any atom is 0.179 e. The van der Waals surface area contributed by atoms with Gasteiger partial charge in [0.25, 0.3) is 0 Å². The van der Waals surface area contributed by atoms with Gasteiger partial charge in [-0.1, -0.05) is 127 Å². The van der Waals surface area contributed by atoms with Crippen LogP contribution < -0.4 is 20.7 Å². The monoisotopic (exact) mass is 466 g/mol. The van der Waals surface area contributed by atoms with Gasteiger partial charge in [0.15, 0.2) is 8.07 Å². The van der Waals surface area contributed by atoms with Gasteiger partial charge in [-0.15, -0.1) is 0 Å². The van der Waals surface area contributed by atoms with Crippen molar-refractivity contribution in [2.45, 2.75) is 6.92 Å². The van der Waals surface area contributed by atoms with Gasteiger partial charge in [-0.25, -0.2) is 0 Å². The lowest BCUT2D eigenvalue weighted by molar-refractivity contribution is 0.668. The zero-order valence-corrected chi connectivity index (χ0v) is 20.7. The molecule has 0 amide bonds. The molecule has 0 fully saturated rings. The molecule has 5 aromatic carbocycles. The van der Waals surface area contributed by atoms with Crippen LogP contribution in [-0.4, -0.2) is 8.07 Å². The first-order chi connectivity index (χ1) is 17.2. The third-order valence-corrected chi connectivity index (χ3v) is 11.8. The summed E-state index contributed by atoms with van der Waals surface area (Å²) in [5.41, 5.74) is 4.08. The number of furan rings is 1. The minimum Gasteiger partial charge on any atom is -0.455 e. The Morgan fingerprint density at radius 2 is 1.14 bits per heavy atom. The Balaban J connectivity index is 1.81. The summed E-state index contributed by atoms with van der Waals surface area (Å²) in [7, 11) is -2.63. The standard InChI is InChI=1S/C33H26OSi/c1-3-25-22-29(23-31-30-21-24(2)19-20-32(30)34-33(25)31)35(26-13-7-4-8-14-26,27-15-9-5-10-16-27)28-17-11-6-12-18-28/h3-23H,1H2,2H3. The molecule has 168 valence electrons. The lowest BCUT2D eigenvalue weighted by Crippen LogP contribution is -2.74. The molecule has 1 nitrogen and oxygen atoms in total. The highest BCUT2D eigenvalue weighted by molar-refractivity contribution is 7.20. The quantitative estimate of drug-likeness (QED) is 0.227. The fourth-order valence-corrected chi connectivity index (χ4v) is 10.3. The first-order valence-electron chi connectivity index (χ1n) is 12.0. The minimum atomic E-state index is -2.63. The third kappa shape index (κ3) is 3.37. The van der Waals surface area contributed by atoms with Gasteiger partial charge in [-0.05, 0) is 39.8 Å². The van der Waals surface area contributed by atoms with Crippen molar-refractivity contribution in [3.05, 3.63) is 139 Å². The Labute approximate surface area is 207 Å². The molecule has 0 unspecified atom stereocenters. The first kappa shape index (κ1) is 21.4. The zero-order valence-electron chi connectivity index (χ0n) is 19.7. The summed E-state index contributed by atoms with van der Waals surface area (Å²) in [5, 5.41) is 7.70. The molecule has 0 N–H and O–H groups in total. The van der Waals surface area contributed by atoms with Gasteiger partial charge in [0.2, 0.25) is 0 Å². The molecule has 6 rings (SSSR count). The summed E-state index contributed by atoms with van der Waals surface area (Å²) in [6.45, 7) is 6.30. The van der Waals surface area contributed by atoms with Gasteiger partial charge in [-0.2, -0.15) is 0 Å². The normalized spacial score (nSPS) is 11.7. The molecule has 0 spiro atoms. The third-order valence-electron chi connectivity index (χ3n) is 7.03. The molecule has 1 heterocycles. The van der Waals surface area contributed by atoms with E-state index in [4.69, 9.17) is 4.42 Å². The lowest BCUT2D eigenvalue weighted by atomic mass is 10.1. The predicted octanol–water partition coefficient (Wildman–Crippen LogP) is 5.91. The second-order valence-corrected chi connectivity index (χ2v) is 12.9. The van der Waals surface area contributed by atoms with E-state index < -0.39 is 8.07 Å². The number of hydrogen-bond donors (Lipinski definition) is 0. The molecule has 0 saturated heterocycles. The second-order valence-electron chi connectivity index (χ2n) is 9.10. The van der Waals surface area contributed by atoms with Crippen LogP contribution in [0, 0.1) is 6.92 Å². The van der Waals surface area contributed by atoms with Gasteiger partial charge in [0, 0.05) is 16.3 Å². The Bertz CT molecular complexity index is 1550. The Morgan fingerprint density at radius 3 is 1.66 bits per heavy atom. The van der Waals surface area contributed by atoms with Crippen molar-refractivity contribution in [3.63, 3.8) is 0 Å². The molecule has 0 radical (unpaired) electrons. The van der Waals surface area contributed by atoms with Crippen molar-refractivity contribution in [1.82, 2.24) is 0 Å². The first-order valence-corrected chi connectivity index (χ1v) is 14.0. The molecule has 0 aliphatic heterocycles. The average molecular weight is 467 g/mol. The number of rotatable bonds is 5. The highest BCUT2D eigenvalue weighted by Gasteiger charge is 2.41.